The van der Waals surface area contributed by atoms with Crippen LogP contribution in [0.25, 0.3) is 0 Å². The minimum Gasteiger partial charge on any atom is -0.507 e. The molecule has 0 saturated heterocycles. The summed E-state index contributed by atoms with van der Waals surface area (Å²) in [7, 11) is 6.78. The second-order valence-corrected chi connectivity index (χ2v) is 11.5. The number of nitrogens with one attached hydrogen (secondary N) is 1. The molecule has 3 aliphatic rings. The number of anilines is 1. The van der Waals surface area contributed by atoms with E-state index in [0.29, 0.717) is 17.7 Å². The highest BCUT2D eigenvalue weighted by molar-refractivity contribution is 6.32. The lowest BCUT2D eigenvalue weighted by Gasteiger charge is -2.52. The minimum absolute atomic E-state index is 0.0140. The molecule has 11 heteroatoms. The van der Waals surface area contributed by atoms with E-state index in [9.17, 15) is 34.2 Å². The van der Waals surface area contributed by atoms with Crippen molar-refractivity contribution in [2.24, 2.45) is 29.4 Å². The number of amides is 1. The molecule has 39 heavy (non-hydrogen) atoms. The number of aromatic hydroxyl groups is 1. The summed E-state index contributed by atoms with van der Waals surface area (Å²) in [4.78, 5) is 70.0. The Labute approximate surface area is 227 Å². The molecule has 0 bridgehead atoms. The molecule has 1 aromatic carbocycles. The molecule has 1 amide bonds. The molecule has 2 saturated carbocycles. The lowest BCUT2D eigenvalue weighted by atomic mass is 9.52. The van der Waals surface area contributed by atoms with Crippen LogP contribution in [-0.4, -0.2) is 90.5 Å². The Kier molecular flexibility index (Phi) is 7.72. The van der Waals surface area contributed by atoms with Gasteiger partial charge in [-0.05, 0) is 57.5 Å². The van der Waals surface area contributed by atoms with Crippen LogP contribution in [0.15, 0.2) is 6.07 Å². The Morgan fingerprint density at radius 1 is 1.15 bits per heavy atom. The van der Waals surface area contributed by atoms with E-state index in [4.69, 9.17) is 5.73 Å². The third-order valence-corrected chi connectivity index (χ3v) is 8.62. The number of fused-ring (bicyclic) bond motifs is 3. The number of rotatable bonds is 8. The van der Waals surface area contributed by atoms with Gasteiger partial charge in [-0.3, -0.25) is 28.9 Å². The van der Waals surface area contributed by atoms with Crippen molar-refractivity contribution in [1.82, 2.24) is 10.2 Å². The molecule has 0 aliphatic heterocycles. The van der Waals surface area contributed by atoms with Crippen molar-refractivity contribution in [2.75, 3.05) is 39.6 Å². The van der Waals surface area contributed by atoms with Crippen LogP contribution in [-0.2, 0) is 32.1 Å². The first-order valence-corrected chi connectivity index (χ1v) is 13.4. The number of likely N-dealkylation sites (N-methyl/N-ethyl adjacent to an activating group) is 1. The standard InChI is InChI=1S/C28H38N4O7/c1-6-7-8-30-12-14-11-17(31(2)3)15-9-13-10-16-21(32(4)5)24(35)20(27(29)38)26(37)28(16,39)25(36)18(13)23(34)19(15)22(14)33/h11,13,16,18,20-21,30,33,39H,6-10,12H2,1-5H3,(H2,29,38)/t13-,16-,18?,20?,21-,28-/m1/s1. The monoisotopic (exact) mass is 542 g/mol. The van der Waals surface area contributed by atoms with E-state index in [2.05, 4.69) is 12.2 Å². The van der Waals surface area contributed by atoms with Crippen LogP contribution in [0.5, 0.6) is 5.75 Å². The molecule has 0 radical (unpaired) electrons. The Hall–Kier alpha value is -3.15. The fraction of sp³-hybridized carbons (Fsp3) is 0.607. The highest BCUT2D eigenvalue weighted by atomic mass is 16.3. The average molecular weight is 543 g/mol. The molecule has 2 fully saturated rings. The molecule has 6 atom stereocenters. The van der Waals surface area contributed by atoms with Gasteiger partial charge in [0.1, 0.15) is 5.75 Å². The van der Waals surface area contributed by atoms with Crippen LogP contribution in [0.1, 0.15) is 47.7 Å². The van der Waals surface area contributed by atoms with Gasteiger partial charge in [-0.15, -0.1) is 0 Å². The van der Waals surface area contributed by atoms with Crippen LogP contribution in [0, 0.1) is 23.7 Å². The predicted molar refractivity (Wildman–Crippen MR) is 142 cm³/mol. The number of phenolic OH excluding ortho intramolecular Hbond substituents is 1. The van der Waals surface area contributed by atoms with Crippen LogP contribution in [0.3, 0.4) is 0 Å². The molecule has 0 heterocycles. The maximum absolute atomic E-state index is 14.0. The number of nitrogens with two attached hydrogens (primary N) is 1. The number of hydrogen-bond donors (Lipinski definition) is 4. The number of aliphatic hydroxyl groups is 1. The van der Waals surface area contributed by atoms with E-state index in [1.54, 1.807) is 14.1 Å². The first-order chi connectivity index (χ1) is 18.3. The summed E-state index contributed by atoms with van der Waals surface area (Å²) in [6.45, 7) is 3.10. The topological polar surface area (TPSA) is 170 Å². The molecular formula is C28H38N4O7. The lowest BCUT2D eigenvalue weighted by Crippen LogP contribution is -2.74. The van der Waals surface area contributed by atoms with Crippen LogP contribution >= 0.6 is 0 Å². The van der Waals surface area contributed by atoms with Crippen LogP contribution in [0.4, 0.5) is 5.69 Å². The predicted octanol–water partition coefficient (Wildman–Crippen LogP) is -0.177. The zero-order valence-electron chi connectivity index (χ0n) is 23.1. The van der Waals surface area contributed by atoms with Gasteiger partial charge in [0.2, 0.25) is 5.91 Å². The second-order valence-electron chi connectivity index (χ2n) is 11.5. The maximum atomic E-state index is 14.0. The van der Waals surface area contributed by atoms with Crippen molar-refractivity contribution in [3.63, 3.8) is 0 Å². The fourth-order valence-corrected chi connectivity index (χ4v) is 6.77. The number of ketones is 4. The molecule has 0 spiro atoms. The van der Waals surface area contributed by atoms with Crippen molar-refractivity contribution in [3.05, 3.63) is 22.8 Å². The van der Waals surface area contributed by atoms with Crippen molar-refractivity contribution < 1.29 is 34.2 Å². The number of nitrogens with zero attached hydrogens (tertiary/aromatic N) is 2. The Morgan fingerprint density at radius 2 is 1.82 bits per heavy atom. The molecule has 2 unspecified atom stereocenters. The summed E-state index contributed by atoms with van der Waals surface area (Å²) in [6.07, 6.45) is 2.20. The first-order valence-electron chi connectivity index (χ1n) is 13.4. The normalized spacial score (nSPS) is 30.2. The van der Waals surface area contributed by atoms with Crippen LogP contribution < -0.4 is 16.0 Å². The molecule has 11 nitrogen and oxygen atoms in total. The maximum Gasteiger partial charge on any atom is 0.235 e. The molecule has 1 aromatic rings. The summed E-state index contributed by atoms with van der Waals surface area (Å²) < 4.78 is 0. The number of hydrogen-bond acceptors (Lipinski definition) is 10. The number of benzene rings is 1. The van der Waals surface area contributed by atoms with E-state index < -0.39 is 64.4 Å². The number of carbonyl (C=O) groups is 5. The Balaban J connectivity index is 1.83. The Bertz CT molecular complexity index is 1240. The highest BCUT2D eigenvalue weighted by Gasteiger charge is 2.69. The first kappa shape index (κ1) is 28.8. The van der Waals surface area contributed by atoms with E-state index in [1.165, 1.54) is 4.90 Å². The van der Waals surface area contributed by atoms with Gasteiger partial charge in [0.05, 0.1) is 17.5 Å². The number of primary amides is 1. The number of carbonyl (C=O) groups excluding carboxylic acids is 5. The van der Waals surface area contributed by atoms with E-state index in [0.717, 1.165) is 25.1 Å². The molecule has 0 aromatic heterocycles. The van der Waals surface area contributed by atoms with Gasteiger partial charge in [-0.1, -0.05) is 13.3 Å². The fourth-order valence-electron chi connectivity index (χ4n) is 6.77. The smallest absolute Gasteiger partial charge is 0.235 e. The van der Waals surface area contributed by atoms with Gasteiger partial charge in [0.15, 0.2) is 34.7 Å². The molecule has 3 aliphatic carbocycles. The van der Waals surface area contributed by atoms with Crippen molar-refractivity contribution in [2.45, 2.75) is 50.8 Å². The van der Waals surface area contributed by atoms with Crippen molar-refractivity contribution in [1.29, 1.82) is 0 Å². The summed E-state index contributed by atoms with van der Waals surface area (Å²) in [5.41, 5.74) is 4.47. The van der Waals surface area contributed by atoms with Gasteiger partial charge in [-0.25, -0.2) is 0 Å². The number of phenols is 1. The SMILES string of the molecule is CCCCNCc1cc(N(C)C)c2c(c1O)C(=O)C1C(=O)[C@@]3(O)C(=O)C(C(N)=O)C(=O)[C@H](N(C)C)[C@H]3C[C@H]1C2. The molecule has 4 rings (SSSR count). The zero-order valence-corrected chi connectivity index (χ0v) is 23.1. The van der Waals surface area contributed by atoms with Gasteiger partial charge in [0, 0.05) is 37.8 Å². The highest BCUT2D eigenvalue weighted by Crippen LogP contribution is 2.52. The van der Waals surface area contributed by atoms with Gasteiger partial charge in [-0.2, -0.15) is 0 Å². The minimum atomic E-state index is -2.73. The van der Waals surface area contributed by atoms with Crippen molar-refractivity contribution in [3.8, 4) is 5.75 Å². The van der Waals surface area contributed by atoms with Gasteiger partial charge in [0.25, 0.3) is 0 Å². The van der Waals surface area contributed by atoms with E-state index in [1.807, 2.05) is 25.1 Å². The molecular weight excluding hydrogens is 504 g/mol. The summed E-state index contributed by atoms with van der Waals surface area (Å²) in [6, 6.07) is 0.708. The number of Topliss-reactive ketones (excluding diaryl/α,β-unsaturated/α-hetero) is 4. The van der Waals surface area contributed by atoms with Gasteiger partial charge >= 0.3 is 0 Å². The molecule has 5 N–H and O–H groups in total. The average Bonchev–Trinajstić information content (AvgIpc) is 2.84. The van der Waals surface area contributed by atoms with Crippen molar-refractivity contribution >= 4 is 34.7 Å². The number of unbranched alkanes of at least 4 members (excludes halogenated alkanes) is 1. The third kappa shape index (κ3) is 4.36. The quantitative estimate of drug-likeness (QED) is 0.255. The van der Waals surface area contributed by atoms with Crippen LogP contribution in [0.2, 0.25) is 0 Å². The second kappa shape index (κ2) is 10.4. The van der Waals surface area contributed by atoms with E-state index in [-0.39, 0.29) is 24.2 Å². The molecule has 212 valence electrons. The Morgan fingerprint density at radius 3 is 2.38 bits per heavy atom. The summed E-state index contributed by atoms with van der Waals surface area (Å²) in [5, 5.41) is 26.2. The zero-order chi connectivity index (χ0) is 29.0. The van der Waals surface area contributed by atoms with E-state index >= 15 is 0 Å². The lowest BCUT2D eigenvalue weighted by molar-refractivity contribution is -0.181. The van der Waals surface area contributed by atoms with Gasteiger partial charge < -0.3 is 26.2 Å². The largest absolute Gasteiger partial charge is 0.507 e. The third-order valence-electron chi connectivity index (χ3n) is 8.62. The summed E-state index contributed by atoms with van der Waals surface area (Å²) >= 11 is 0. The summed E-state index contributed by atoms with van der Waals surface area (Å²) in [5.74, 6) is -10.3.